The van der Waals surface area contributed by atoms with Crippen LogP contribution in [0.15, 0.2) is 54.6 Å². The number of alkyl carbamates (subject to hydrolysis) is 1. The fourth-order valence-corrected chi connectivity index (χ4v) is 13.8. The first-order chi connectivity index (χ1) is 33.0. The molecule has 0 spiro atoms. The molecule has 0 saturated carbocycles. The van der Waals surface area contributed by atoms with Gasteiger partial charge in [-0.05, 0) is 79.7 Å². The van der Waals surface area contributed by atoms with Crippen molar-refractivity contribution in [2.24, 2.45) is 0 Å². The van der Waals surface area contributed by atoms with Crippen LogP contribution in [0.3, 0.4) is 0 Å². The normalized spacial score (nSPS) is 19.3. The molecule has 4 unspecified atom stereocenters. The highest BCUT2D eigenvalue weighted by Gasteiger charge is 2.49. The first-order valence-corrected chi connectivity index (χ1v) is 26.7. The fourth-order valence-electron chi connectivity index (χ4n) is 11.3. The Morgan fingerprint density at radius 2 is 1.49 bits per heavy atom. The van der Waals surface area contributed by atoms with E-state index in [1.165, 1.54) is 14.2 Å². The third-order valence-electron chi connectivity index (χ3n) is 15.4. The number of nitrogens with one attached hydrogen (secondary N) is 1. The Balaban J connectivity index is 1.28. The van der Waals surface area contributed by atoms with E-state index >= 15 is 0 Å². The van der Waals surface area contributed by atoms with Crippen LogP contribution in [0, 0.1) is 20.4 Å². The van der Waals surface area contributed by atoms with Crippen molar-refractivity contribution in [2.75, 3.05) is 68.4 Å². The summed E-state index contributed by atoms with van der Waals surface area (Å²) in [5.74, 6) is 1.13. The molecule has 3 aliphatic rings. The molecule has 7 rings (SSSR count). The Bertz CT molecular complexity index is 2470. The summed E-state index contributed by atoms with van der Waals surface area (Å²) < 4.78 is 42.9. The average Bonchev–Trinajstić information content (AvgIpc) is 3.65. The lowest BCUT2D eigenvalue weighted by molar-refractivity contribution is -0.0597. The zero-order valence-corrected chi connectivity index (χ0v) is 43.5. The van der Waals surface area contributed by atoms with Gasteiger partial charge in [0, 0.05) is 59.9 Å². The van der Waals surface area contributed by atoms with Crippen LogP contribution in [-0.4, -0.2) is 127 Å². The summed E-state index contributed by atoms with van der Waals surface area (Å²) in [5, 5.41) is 27.0. The van der Waals surface area contributed by atoms with E-state index in [0.29, 0.717) is 89.5 Å². The molecule has 0 aromatic heterocycles. The summed E-state index contributed by atoms with van der Waals surface area (Å²) in [5.41, 5.74) is 8.28. The molecule has 2 aliphatic heterocycles. The van der Waals surface area contributed by atoms with E-state index in [2.05, 4.69) is 78.5 Å². The van der Waals surface area contributed by atoms with Crippen LogP contribution >= 0.6 is 0 Å². The SMILES string of the molecule is [C-]#[N+]C(C1Cc2c(OC)c(C)c(OC)c(O)c2C(C(Cc2cc(O)c(OC)c(C)c2OC)NC(=O)OCC2c3ccccc3-c3ccccc32)N1C)N1CCO[C@@H](CCO[Si](C)(C(C)C)C(C)C)C1. The molecule has 0 radical (unpaired) electrons. The van der Waals surface area contributed by atoms with Crippen LogP contribution in [0.25, 0.3) is 16.0 Å². The minimum Gasteiger partial charge on any atom is -0.504 e. The van der Waals surface area contributed by atoms with Crippen molar-refractivity contribution >= 4 is 14.4 Å². The number of carbonyl (C=O) groups is 1. The molecule has 3 N–H and O–H groups in total. The topological polar surface area (TPSA) is 145 Å². The van der Waals surface area contributed by atoms with Crippen molar-refractivity contribution in [1.82, 2.24) is 15.1 Å². The second kappa shape index (κ2) is 21.6. The molecule has 4 aromatic rings. The number of methoxy groups -OCH3 is 4. The second-order valence-corrected chi connectivity index (χ2v) is 24.5. The number of phenols is 2. The van der Waals surface area contributed by atoms with Crippen LogP contribution in [0.4, 0.5) is 4.79 Å². The predicted molar refractivity (Wildman–Crippen MR) is 270 cm³/mol. The van der Waals surface area contributed by atoms with E-state index in [-0.39, 0.29) is 48.0 Å². The number of ether oxygens (including phenoxy) is 6. The van der Waals surface area contributed by atoms with E-state index in [9.17, 15) is 15.0 Å². The van der Waals surface area contributed by atoms with Gasteiger partial charge < -0.3 is 48.4 Å². The van der Waals surface area contributed by atoms with Gasteiger partial charge in [0.15, 0.2) is 31.3 Å². The number of aromatic hydroxyl groups is 2. The quantitative estimate of drug-likeness (QED) is 0.0645. The van der Waals surface area contributed by atoms with Gasteiger partial charge in [-0.3, -0.25) is 9.74 Å². The lowest BCUT2D eigenvalue weighted by Crippen LogP contribution is -2.60. The molecule has 69 heavy (non-hydrogen) atoms. The van der Waals surface area contributed by atoms with Crippen LogP contribution in [0.2, 0.25) is 17.6 Å². The number of carbonyl (C=O) groups excluding carboxylic acids is 1. The fraction of sp³-hybridized carbons (Fsp3) is 0.519. The summed E-state index contributed by atoms with van der Waals surface area (Å²) in [4.78, 5) is 23.2. The van der Waals surface area contributed by atoms with Gasteiger partial charge in [0.25, 0.3) is 6.17 Å². The van der Waals surface area contributed by atoms with Gasteiger partial charge in [-0.15, -0.1) is 0 Å². The number of morpholine rings is 1. The summed E-state index contributed by atoms with van der Waals surface area (Å²) in [6, 6.07) is 15.8. The van der Waals surface area contributed by atoms with Gasteiger partial charge in [0.1, 0.15) is 24.1 Å². The lowest BCUT2D eigenvalue weighted by Gasteiger charge is -2.47. The molecule has 372 valence electrons. The number of phenolic OH excluding ortho intramolecular Hbond substituents is 2. The maximum Gasteiger partial charge on any atom is 0.407 e. The minimum absolute atomic E-state index is 0.0730. The van der Waals surface area contributed by atoms with Gasteiger partial charge in [-0.2, -0.15) is 0 Å². The molecular weight excluding hydrogens is 893 g/mol. The van der Waals surface area contributed by atoms with Crippen molar-refractivity contribution < 1.29 is 47.9 Å². The minimum atomic E-state index is -1.98. The van der Waals surface area contributed by atoms with Crippen LogP contribution in [-0.2, 0) is 26.7 Å². The number of amides is 1. The van der Waals surface area contributed by atoms with E-state index in [0.717, 1.165) is 22.3 Å². The van der Waals surface area contributed by atoms with E-state index in [1.54, 1.807) is 27.2 Å². The van der Waals surface area contributed by atoms with Crippen LogP contribution in [0.5, 0.6) is 34.5 Å². The molecule has 1 amide bonds. The summed E-state index contributed by atoms with van der Waals surface area (Å²) in [6.45, 7) is 26.0. The van der Waals surface area contributed by atoms with Gasteiger partial charge in [0.05, 0.1) is 53.2 Å². The Kier molecular flexibility index (Phi) is 16.1. The number of fused-ring (bicyclic) bond motifs is 4. The van der Waals surface area contributed by atoms with Crippen molar-refractivity contribution in [3.8, 4) is 45.6 Å². The smallest absolute Gasteiger partial charge is 0.407 e. The number of hydrogen-bond acceptors (Lipinski definition) is 12. The van der Waals surface area contributed by atoms with Gasteiger partial charge in [-0.25, -0.2) is 16.3 Å². The molecule has 1 saturated heterocycles. The van der Waals surface area contributed by atoms with Crippen molar-refractivity contribution in [1.29, 1.82) is 0 Å². The molecular formula is C54H72N4O10Si. The summed E-state index contributed by atoms with van der Waals surface area (Å²) in [6.07, 6.45) is -0.315. The Morgan fingerprint density at radius 1 is 0.899 bits per heavy atom. The number of rotatable bonds is 18. The van der Waals surface area contributed by atoms with Crippen molar-refractivity contribution in [3.05, 3.63) is 105 Å². The van der Waals surface area contributed by atoms with Crippen molar-refractivity contribution in [2.45, 2.75) is 115 Å². The third kappa shape index (κ3) is 9.84. The van der Waals surface area contributed by atoms with E-state index < -0.39 is 38.7 Å². The second-order valence-electron chi connectivity index (χ2n) is 19.5. The highest BCUT2D eigenvalue weighted by atomic mass is 28.4. The zero-order valence-electron chi connectivity index (χ0n) is 42.5. The van der Waals surface area contributed by atoms with Crippen molar-refractivity contribution in [3.63, 3.8) is 0 Å². The highest BCUT2D eigenvalue weighted by molar-refractivity contribution is 6.75. The predicted octanol–water partition coefficient (Wildman–Crippen LogP) is 9.54. The number of hydrogen-bond donors (Lipinski definition) is 3. The Morgan fingerprint density at radius 3 is 2.07 bits per heavy atom. The lowest BCUT2D eigenvalue weighted by atomic mass is 9.79. The molecule has 0 bridgehead atoms. The Labute approximate surface area is 409 Å². The largest absolute Gasteiger partial charge is 0.504 e. The molecule has 2 heterocycles. The molecule has 1 fully saturated rings. The average molecular weight is 965 g/mol. The third-order valence-corrected chi connectivity index (χ3v) is 20.8. The maximum absolute atomic E-state index is 14.6. The maximum atomic E-state index is 14.6. The number of nitrogens with zero attached hydrogens (tertiary/aromatic N) is 3. The van der Waals surface area contributed by atoms with Gasteiger partial charge in [-0.1, -0.05) is 76.2 Å². The first kappa shape index (κ1) is 51.3. The molecule has 4 aromatic carbocycles. The number of likely N-dealkylation sites (N-methyl/N-ethyl adjacent to an activating group) is 1. The van der Waals surface area contributed by atoms with Gasteiger partial charge in [0.2, 0.25) is 0 Å². The number of benzene rings is 4. The Hall–Kier alpha value is -5.50. The summed E-state index contributed by atoms with van der Waals surface area (Å²) in [7, 11) is 6.09. The monoisotopic (exact) mass is 965 g/mol. The molecule has 1 aliphatic carbocycles. The zero-order chi connectivity index (χ0) is 49.9. The molecule has 5 atom stereocenters. The molecule has 15 heteroatoms. The van der Waals surface area contributed by atoms with Crippen LogP contribution in [0.1, 0.15) is 85.0 Å². The van der Waals surface area contributed by atoms with Gasteiger partial charge >= 0.3 is 6.09 Å². The van der Waals surface area contributed by atoms with E-state index in [1.807, 2.05) is 38.2 Å². The standard InChI is InChI=1S/C54H72N4O10Si/c1-31(2)69(13,32(3)4)68-24-22-36-29-58(23-25-66-36)53(55-7)44-28-41-46(48(60)52(65-12)34(6)50(41)63-10)47(57(44)8)43(26-35-27-45(59)51(64-11)33(5)49(35)62-9)56-54(61)67-30-42-39-20-16-14-18-37(39)38-19-15-17-21-40(38)42/h14-21,27,31-32,36,42-44,47,53,59-60H,22-26,28-30H2,1-6,8-13H3,(H,56,61)/t36-,43?,44?,47?,53?/m0/s1. The molecule has 14 nitrogen and oxygen atoms in total. The summed E-state index contributed by atoms with van der Waals surface area (Å²) >= 11 is 0. The first-order valence-electron chi connectivity index (χ1n) is 24.1. The van der Waals surface area contributed by atoms with E-state index in [4.69, 9.17) is 39.4 Å². The van der Waals surface area contributed by atoms with Crippen LogP contribution < -0.4 is 24.3 Å². The highest BCUT2D eigenvalue weighted by Crippen LogP contribution is 2.52.